The van der Waals surface area contributed by atoms with Crippen molar-refractivity contribution in [1.82, 2.24) is 19.1 Å². The molecule has 3 heterocycles. The van der Waals surface area contributed by atoms with Gasteiger partial charge in [0, 0.05) is 43.2 Å². The first-order chi connectivity index (χ1) is 30.1. The van der Waals surface area contributed by atoms with Crippen LogP contribution in [-0.2, 0) is 20.1 Å². The molecule has 0 saturated heterocycles. The van der Waals surface area contributed by atoms with Crippen molar-refractivity contribution in [1.29, 1.82) is 0 Å². The molecular formula is C57H58IrN4Si-2. The summed E-state index contributed by atoms with van der Waals surface area (Å²) >= 11 is 0. The molecule has 6 heteroatoms. The van der Waals surface area contributed by atoms with Gasteiger partial charge in [-0.15, -0.1) is 59.7 Å². The number of rotatable bonds is 8. The summed E-state index contributed by atoms with van der Waals surface area (Å²) in [6, 6.07) is 56.4. The quantitative estimate of drug-likeness (QED) is 0.112. The van der Waals surface area contributed by atoms with Crippen molar-refractivity contribution in [3.8, 4) is 34.0 Å². The van der Waals surface area contributed by atoms with Crippen LogP contribution in [0.5, 0.6) is 0 Å². The minimum absolute atomic E-state index is 0. The number of hydrogen-bond acceptors (Lipinski definition) is 2. The van der Waals surface area contributed by atoms with Gasteiger partial charge in [-0.2, -0.15) is 0 Å². The fourth-order valence-corrected chi connectivity index (χ4v) is 11.2. The Morgan fingerprint density at radius 1 is 0.619 bits per heavy atom. The second kappa shape index (κ2) is 18.8. The molecule has 6 aromatic carbocycles. The summed E-state index contributed by atoms with van der Waals surface area (Å²) in [6.07, 6.45) is 9.03. The van der Waals surface area contributed by atoms with Crippen LogP contribution in [0.3, 0.4) is 0 Å². The summed E-state index contributed by atoms with van der Waals surface area (Å²) in [5.41, 5.74) is 14.3. The van der Waals surface area contributed by atoms with Crippen LogP contribution in [0.1, 0.15) is 94.2 Å². The van der Waals surface area contributed by atoms with E-state index in [9.17, 15) is 0 Å². The van der Waals surface area contributed by atoms with Gasteiger partial charge in [-0.1, -0.05) is 150 Å². The molecule has 63 heavy (non-hydrogen) atoms. The number of pyridine rings is 1. The van der Waals surface area contributed by atoms with Crippen molar-refractivity contribution in [2.24, 2.45) is 0 Å². The SMILES string of the molecule is CC(C)c1cccc(C(C)C)c1-n1c(-c2[c-]cc3c(c2)c2ccccc2n3-c2ccccc2)nc2ccccc21.C[Si](C)(C)c1cnc(-c2[c-]cccc2)cc1C1CCCCC1.[Ir]. The van der Waals surface area contributed by atoms with E-state index in [0.717, 1.165) is 50.8 Å². The molecule has 1 fully saturated rings. The summed E-state index contributed by atoms with van der Waals surface area (Å²) in [6.45, 7) is 16.4. The van der Waals surface area contributed by atoms with Gasteiger partial charge in [-0.05, 0) is 93.8 Å². The zero-order chi connectivity index (χ0) is 43.0. The molecule has 0 aliphatic heterocycles. The number of imidazole rings is 1. The van der Waals surface area contributed by atoms with Crippen molar-refractivity contribution >= 4 is 46.1 Å². The van der Waals surface area contributed by atoms with E-state index in [-0.39, 0.29) is 20.1 Å². The monoisotopic (exact) mass is 1020 g/mol. The van der Waals surface area contributed by atoms with Gasteiger partial charge in [0.25, 0.3) is 0 Å². The molecule has 0 atom stereocenters. The Morgan fingerprint density at radius 2 is 1.29 bits per heavy atom. The maximum atomic E-state index is 5.24. The average molecular weight is 1020 g/mol. The molecule has 9 aromatic rings. The number of nitrogens with zero attached hydrogens (tertiary/aromatic N) is 4. The third-order valence-electron chi connectivity index (χ3n) is 12.8. The Hall–Kier alpha value is -5.39. The molecule has 321 valence electrons. The van der Waals surface area contributed by atoms with Gasteiger partial charge in [0.15, 0.2) is 0 Å². The maximum absolute atomic E-state index is 5.24. The maximum Gasteiger partial charge on any atom is 0.0799 e. The Morgan fingerprint density at radius 3 is 1.97 bits per heavy atom. The van der Waals surface area contributed by atoms with Gasteiger partial charge in [0.05, 0.1) is 24.9 Å². The number of aromatic nitrogens is 4. The van der Waals surface area contributed by atoms with E-state index in [1.54, 1.807) is 10.8 Å². The number of fused-ring (bicyclic) bond motifs is 4. The Bertz CT molecular complexity index is 2960. The van der Waals surface area contributed by atoms with E-state index < -0.39 is 8.07 Å². The molecule has 0 unspecified atom stereocenters. The summed E-state index contributed by atoms with van der Waals surface area (Å²) in [7, 11) is -1.36. The third-order valence-corrected chi connectivity index (χ3v) is 14.8. The molecule has 0 bridgehead atoms. The predicted octanol–water partition coefficient (Wildman–Crippen LogP) is 15.0. The summed E-state index contributed by atoms with van der Waals surface area (Å²) in [5.74, 6) is 2.41. The van der Waals surface area contributed by atoms with E-state index in [1.165, 1.54) is 65.2 Å². The van der Waals surface area contributed by atoms with Gasteiger partial charge >= 0.3 is 0 Å². The smallest absolute Gasteiger partial charge is 0.0799 e. The zero-order valence-corrected chi connectivity index (χ0v) is 41.1. The van der Waals surface area contributed by atoms with E-state index in [2.05, 4.69) is 202 Å². The fourth-order valence-electron chi connectivity index (χ4n) is 9.65. The minimum atomic E-state index is -1.36. The molecular weight excluding hydrogens is 961 g/mol. The molecule has 10 rings (SSSR count). The number of benzene rings is 6. The number of hydrogen-bond donors (Lipinski definition) is 0. The van der Waals surface area contributed by atoms with Crippen molar-refractivity contribution in [2.75, 3.05) is 0 Å². The number of para-hydroxylation sites is 5. The zero-order valence-electron chi connectivity index (χ0n) is 37.7. The van der Waals surface area contributed by atoms with Crippen LogP contribution < -0.4 is 5.19 Å². The van der Waals surface area contributed by atoms with Gasteiger partial charge in [0.2, 0.25) is 0 Å². The minimum Gasteiger partial charge on any atom is -0.351 e. The van der Waals surface area contributed by atoms with Crippen molar-refractivity contribution in [2.45, 2.75) is 97.2 Å². The topological polar surface area (TPSA) is 35.6 Å². The Balaban J connectivity index is 0.000000201. The largest absolute Gasteiger partial charge is 0.351 e. The van der Waals surface area contributed by atoms with Crippen LogP contribution in [-0.4, -0.2) is 27.2 Å². The second-order valence-electron chi connectivity index (χ2n) is 18.7. The summed E-state index contributed by atoms with van der Waals surface area (Å²) in [5, 5.41) is 3.98. The first kappa shape index (κ1) is 44.2. The molecule has 0 amide bonds. The van der Waals surface area contributed by atoms with Gasteiger partial charge in [-0.3, -0.25) is 4.98 Å². The van der Waals surface area contributed by atoms with Crippen molar-refractivity contribution in [3.05, 3.63) is 175 Å². The van der Waals surface area contributed by atoms with E-state index >= 15 is 0 Å². The van der Waals surface area contributed by atoms with Crippen LogP contribution in [0.25, 0.3) is 66.9 Å². The normalized spacial score (nSPS) is 13.4. The molecule has 3 aromatic heterocycles. The van der Waals surface area contributed by atoms with E-state index in [0.29, 0.717) is 11.8 Å². The summed E-state index contributed by atoms with van der Waals surface area (Å²) in [4.78, 5) is 10.0. The van der Waals surface area contributed by atoms with Gasteiger partial charge in [0.1, 0.15) is 0 Å². The van der Waals surface area contributed by atoms with Crippen molar-refractivity contribution in [3.63, 3.8) is 0 Å². The Kier molecular flexibility index (Phi) is 13.2. The molecule has 0 N–H and O–H groups in total. The average Bonchev–Trinajstić information content (AvgIpc) is 3.85. The van der Waals surface area contributed by atoms with Crippen molar-refractivity contribution < 1.29 is 20.1 Å². The third kappa shape index (κ3) is 8.79. The van der Waals surface area contributed by atoms with Crippen LogP contribution in [0.15, 0.2) is 146 Å². The second-order valence-corrected chi connectivity index (χ2v) is 23.7. The summed E-state index contributed by atoms with van der Waals surface area (Å²) < 4.78 is 4.72. The van der Waals surface area contributed by atoms with Crippen LogP contribution >= 0.6 is 0 Å². The molecule has 1 radical (unpaired) electrons. The van der Waals surface area contributed by atoms with Gasteiger partial charge in [-0.25, -0.2) is 0 Å². The predicted molar refractivity (Wildman–Crippen MR) is 265 cm³/mol. The van der Waals surface area contributed by atoms with Crippen LogP contribution in [0.2, 0.25) is 19.6 Å². The van der Waals surface area contributed by atoms with Gasteiger partial charge < -0.3 is 14.1 Å². The first-order valence-corrected chi connectivity index (χ1v) is 26.2. The molecule has 1 aliphatic carbocycles. The van der Waals surface area contributed by atoms with Crippen LogP contribution in [0, 0.1) is 12.1 Å². The molecule has 0 spiro atoms. The molecule has 1 saturated carbocycles. The molecule has 4 nitrogen and oxygen atoms in total. The fraction of sp³-hybridized carbons (Fsp3) is 0.263. The van der Waals surface area contributed by atoms with Crippen LogP contribution in [0.4, 0.5) is 0 Å². The standard InChI is InChI=1S/C37H32N3.C20H26NSi.Ir/c1-24(2)28-16-12-17-29(25(3)4)36(28)40-35-20-11-9-18-32(35)38-37(40)26-21-22-34-31(23-26)30-15-8-10-19-33(30)39(34)27-13-6-5-7-14-27;1-22(2,3)20-15-21-19(17-12-8-5-9-13-17)14-18(20)16-10-6-4-7-11-16;/h5-20,22-25H,1-4H3;5,8-9,12,14-16H,4,6-7,10-11H2,1-3H3;/q2*-1;. The molecule has 1 aliphatic rings. The van der Waals surface area contributed by atoms with E-state index in [1.807, 2.05) is 12.1 Å². The first-order valence-electron chi connectivity index (χ1n) is 22.7. The van der Waals surface area contributed by atoms with E-state index in [4.69, 9.17) is 9.97 Å². The Labute approximate surface area is 388 Å².